The summed E-state index contributed by atoms with van der Waals surface area (Å²) in [4.78, 5) is 24.8. The van der Waals surface area contributed by atoms with Crippen molar-refractivity contribution >= 4 is 17.6 Å². The highest BCUT2D eigenvalue weighted by molar-refractivity contribution is 6.04. The third-order valence-corrected chi connectivity index (χ3v) is 5.93. The third-order valence-electron chi connectivity index (χ3n) is 5.93. The Morgan fingerprint density at radius 1 is 0.842 bits per heavy atom. The summed E-state index contributed by atoms with van der Waals surface area (Å²) in [5, 5.41) is 7.64. The summed E-state index contributed by atoms with van der Waals surface area (Å²) in [7, 11) is 0. The first kappa shape index (κ1) is 24.6. The molecule has 1 N–H and O–H groups in total. The second-order valence-electron chi connectivity index (χ2n) is 8.78. The summed E-state index contributed by atoms with van der Waals surface area (Å²) in [6.07, 6.45) is 0. The number of hydrogen-bond donors (Lipinski definition) is 1. The number of para-hydroxylation sites is 1. The van der Waals surface area contributed by atoms with Crippen LogP contribution in [0, 0.1) is 12.7 Å². The standard InChI is InChI=1S/C31H24FN3O3/c1-20-11-13-23(14-12-20)30(37)33-26-17-15-22(16-18-26)28-29(24-7-6-8-25(32)19-24)34-35(31(28)38-21(2)36)27-9-4-3-5-10-27/h3-19H,1-2H3,(H,33,37). The van der Waals surface area contributed by atoms with Gasteiger partial charge in [0.25, 0.3) is 5.91 Å². The zero-order valence-corrected chi connectivity index (χ0v) is 20.8. The van der Waals surface area contributed by atoms with Crippen LogP contribution in [0.25, 0.3) is 28.1 Å². The van der Waals surface area contributed by atoms with Crippen molar-refractivity contribution in [1.29, 1.82) is 0 Å². The van der Waals surface area contributed by atoms with Crippen LogP contribution < -0.4 is 10.1 Å². The van der Waals surface area contributed by atoms with Gasteiger partial charge in [0, 0.05) is 23.7 Å². The SMILES string of the molecule is CC(=O)Oc1c(-c2ccc(NC(=O)c3ccc(C)cc3)cc2)c(-c2cccc(F)c2)nn1-c1ccccc1. The fraction of sp³-hybridized carbons (Fsp3) is 0.0645. The number of anilines is 1. The molecule has 1 heterocycles. The molecule has 4 aromatic carbocycles. The molecule has 1 amide bonds. The number of esters is 1. The maximum atomic E-state index is 14.2. The number of carbonyl (C=O) groups is 2. The number of amides is 1. The van der Waals surface area contributed by atoms with Crippen molar-refractivity contribution in [2.45, 2.75) is 13.8 Å². The van der Waals surface area contributed by atoms with Gasteiger partial charge in [-0.2, -0.15) is 9.78 Å². The van der Waals surface area contributed by atoms with Crippen molar-refractivity contribution in [1.82, 2.24) is 9.78 Å². The van der Waals surface area contributed by atoms with Gasteiger partial charge in [-0.05, 0) is 61.0 Å². The van der Waals surface area contributed by atoms with Crippen LogP contribution in [0.5, 0.6) is 5.88 Å². The molecule has 0 bridgehead atoms. The van der Waals surface area contributed by atoms with Gasteiger partial charge < -0.3 is 10.1 Å². The predicted molar refractivity (Wildman–Crippen MR) is 145 cm³/mol. The van der Waals surface area contributed by atoms with Gasteiger partial charge in [-0.1, -0.05) is 60.2 Å². The van der Waals surface area contributed by atoms with Gasteiger partial charge >= 0.3 is 5.97 Å². The monoisotopic (exact) mass is 505 g/mol. The van der Waals surface area contributed by atoms with E-state index in [1.165, 1.54) is 23.7 Å². The summed E-state index contributed by atoms with van der Waals surface area (Å²) in [5.41, 5.74) is 5.06. The summed E-state index contributed by atoms with van der Waals surface area (Å²) >= 11 is 0. The summed E-state index contributed by atoms with van der Waals surface area (Å²) in [6.45, 7) is 3.28. The Kier molecular flexibility index (Phi) is 6.82. The van der Waals surface area contributed by atoms with Crippen LogP contribution in [0.4, 0.5) is 10.1 Å². The molecule has 38 heavy (non-hydrogen) atoms. The number of carbonyl (C=O) groups excluding carboxylic acids is 2. The number of rotatable bonds is 6. The number of nitrogens with one attached hydrogen (secondary N) is 1. The Labute approximate surface area is 219 Å². The first-order valence-electron chi connectivity index (χ1n) is 12.0. The number of halogens is 1. The van der Waals surface area contributed by atoms with Crippen LogP contribution in [0.15, 0.2) is 103 Å². The Morgan fingerprint density at radius 2 is 1.55 bits per heavy atom. The van der Waals surface area contributed by atoms with Gasteiger partial charge in [-0.3, -0.25) is 9.59 Å². The molecular formula is C31H24FN3O3. The lowest BCUT2D eigenvalue weighted by atomic mass is 10.0. The van der Waals surface area contributed by atoms with Crippen LogP contribution in [0.3, 0.4) is 0 Å². The Morgan fingerprint density at radius 3 is 2.21 bits per heavy atom. The maximum absolute atomic E-state index is 14.2. The van der Waals surface area contributed by atoms with Crippen molar-refractivity contribution in [2.24, 2.45) is 0 Å². The lowest BCUT2D eigenvalue weighted by Crippen LogP contribution is -2.11. The average Bonchev–Trinajstić information content (AvgIpc) is 3.28. The zero-order chi connectivity index (χ0) is 26.6. The van der Waals surface area contributed by atoms with Gasteiger partial charge in [-0.15, -0.1) is 0 Å². The lowest BCUT2D eigenvalue weighted by molar-refractivity contribution is -0.132. The maximum Gasteiger partial charge on any atom is 0.309 e. The fourth-order valence-corrected chi connectivity index (χ4v) is 4.10. The molecule has 5 rings (SSSR count). The summed E-state index contributed by atoms with van der Waals surface area (Å²) < 4.78 is 21.4. The number of nitrogens with zero attached hydrogens (tertiary/aromatic N) is 2. The molecule has 0 spiro atoms. The third kappa shape index (κ3) is 5.22. The number of aryl methyl sites for hydroxylation is 1. The molecule has 0 fully saturated rings. The molecule has 0 saturated carbocycles. The first-order chi connectivity index (χ1) is 18.4. The normalized spacial score (nSPS) is 10.7. The molecule has 0 unspecified atom stereocenters. The molecule has 5 aromatic rings. The fourth-order valence-electron chi connectivity index (χ4n) is 4.10. The van der Waals surface area contributed by atoms with Crippen molar-refractivity contribution in [3.05, 3.63) is 120 Å². The van der Waals surface area contributed by atoms with E-state index in [1.54, 1.807) is 48.5 Å². The molecule has 0 aliphatic heterocycles. The van der Waals surface area contributed by atoms with Gasteiger partial charge in [0.1, 0.15) is 11.5 Å². The highest BCUT2D eigenvalue weighted by Crippen LogP contribution is 2.41. The van der Waals surface area contributed by atoms with Crippen molar-refractivity contribution < 1.29 is 18.7 Å². The molecule has 0 radical (unpaired) electrons. The molecule has 0 saturated heterocycles. The minimum Gasteiger partial charge on any atom is -0.407 e. The Balaban J connectivity index is 1.59. The van der Waals surface area contributed by atoms with Crippen LogP contribution in [-0.4, -0.2) is 21.7 Å². The summed E-state index contributed by atoms with van der Waals surface area (Å²) in [6, 6.07) is 29.8. The van der Waals surface area contributed by atoms with Crippen molar-refractivity contribution in [3.8, 4) is 34.0 Å². The van der Waals surface area contributed by atoms with Crippen molar-refractivity contribution in [3.63, 3.8) is 0 Å². The quantitative estimate of drug-likeness (QED) is 0.257. The van der Waals surface area contributed by atoms with E-state index in [9.17, 15) is 14.0 Å². The second kappa shape index (κ2) is 10.5. The van der Waals surface area contributed by atoms with Crippen LogP contribution >= 0.6 is 0 Å². The van der Waals surface area contributed by atoms with E-state index in [4.69, 9.17) is 9.84 Å². The van der Waals surface area contributed by atoms with E-state index in [0.29, 0.717) is 39.3 Å². The number of ether oxygens (including phenoxy) is 1. The molecule has 0 atom stereocenters. The summed E-state index contributed by atoms with van der Waals surface area (Å²) in [5.74, 6) is -0.947. The smallest absolute Gasteiger partial charge is 0.309 e. The van der Waals surface area contributed by atoms with E-state index in [2.05, 4.69) is 5.32 Å². The number of hydrogen-bond acceptors (Lipinski definition) is 4. The van der Waals surface area contributed by atoms with Crippen LogP contribution in [0.2, 0.25) is 0 Å². The van der Waals surface area contributed by atoms with E-state index >= 15 is 0 Å². The topological polar surface area (TPSA) is 73.2 Å². The molecule has 0 aliphatic rings. The molecule has 7 heteroatoms. The predicted octanol–water partition coefficient (Wildman–Crippen LogP) is 6.83. The van der Waals surface area contributed by atoms with Crippen LogP contribution in [-0.2, 0) is 4.79 Å². The molecular weight excluding hydrogens is 481 g/mol. The van der Waals surface area contributed by atoms with E-state index in [1.807, 2.05) is 49.4 Å². The highest BCUT2D eigenvalue weighted by Gasteiger charge is 2.25. The number of benzene rings is 4. The van der Waals surface area contributed by atoms with Crippen molar-refractivity contribution in [2.75, 3.05) is 5.32 Å². The molecule has 0 aliphatic carbocycles. The van der Waals surface area contributed by atoms with Gasteiger partial charge in [0.2, 0.25) is 5.88 Å². The Bertz CT molecular complexity index is 1610. The van der Waals surface area contributed by atoms with Gasteiger partial charge in [0.15, 0.2) is 0 Å². The van der Waals surface area contributed by atoms with E-state index < -0.39 is 11.8 Å². The van der Waals surface area contributed by atoms with E-state index in [-0.39, 0.29) is 11.8 Å². The zero-order valence-electron chi connectivity index (χ0n) is 20.8. The molecule has 188 valence electrons. The largest absolute Gasteiger partial charge is 0.407 e. The highest BCUT2D eigenvalue weighted by atomic mass is 19.1. The average molecular weight is 506 g/mol. The second-order valence-corrected chi connectivity index (χ2v) is 8.78. The van der Waals surface area contributed by atoms with Gasteiger partial charge in [0.05, 0.1) is 11.3 Å². The lowest BCUT2D eigenvalue weighted by Gasteiger charge is -2.10. The number of aromatic nitrogens is 2. The molecule has 1 aromatic heterocycles. The molecule has 6 nitrogen and oxygen atoms in total. The van der Waals surface area contributed by atoms with Crippen LogP contribution in [0.1, 0.15) is 22.8 Å². The van der Waals surface area contributed by atoms with Gasteiger partial charge in [-0.25, -0.2) is 4.39 Å². The van der Waals surface area contributed by atoms with E-state index in [0.717, 1.165) is 5.56 Å². The first-order valence-corrected chi connectivity index (χ1v) is 12.0. The minimum absolute atomic E-state index is 0.208. The Hall–Kier alpha value is -5.04. The minimum atomic E-state index is -0.517.